The summed E-state index contributed by atoms with van der Waals surface area (Å²) < 4.78 is 5.38. The molecule has 3 rings (SSSR count). The number of hydrogen-bond acceptors (Lipinski definition) is 7. The van der Waals surface area contributed by atoms with Crippen molar-refractivity contribution >= 4 is 23.6 Å². The highest BCUT2D eigenvalue weighted by molar-refractivity contribution is 6.00. The number of piperidine rings is 1. The first-order valence-corrected chi connectivity index (χ1v) is 9.70. The minimum atomic E-state index is -0.473. The maximum atomic E-state index is 12.1. The van der Waals surface area contributed by atoms with Gasteiger partial charge in [0, 0.05) is 38.8 Å². The third-order valence-electron chi connectivity index (χ3n) is 4.88. The number of amides is 2. The predicted octanol–water partition coefficient (Wildman–Crippen LogP) is 1.07. The van der Waals surface area contributed by atoms with Crippen molar-refractivity contribution in [3.8, 4) is 0 Å². The summed E-state index contributed by atoms with van der Waals surface area (Å²) in [5, 5.41) is 2.40. The van der Waals surface area contributed by atoms with Crippen LogP contribution in [0.4, 0.5) is 5.82 Å². The fraction of sp³-hybridized carbons (Fsp3) is 0.600. The van der Waals surface area contributed by atoms with Gasteiger partial charge in [-0.1, -0.05) is 0 Å². The van der Waals surface area contributed by atoms with Crippen LogP contribution in [0.1, 0.15) is 45.1 Å². The first-order chi connectivity index (χ1) is 13.2. The van der Waals surface area contributed by atoms with Crippen molar-refractivity contribution in [2.45, 2.75) is 45.1 Å². The molecule has 8 nitrogen and oxygen atoms in total. The first kappa shape index (κ1) is 20.3. The maximum absolute atomic E-state index is 12.1. The molecule has 0 aliphatic carbocycles. The van der Waals surface area contributed by atoms with E-state index in [0.717, 1.165) is 37.6 Å². The monoisotopic (exact) mass is 388 g/mol. The molecule has 0 aromatic carbocycles. The van der Waals surface area contributed by atoms with Crippen LogP contribution in [0.25, 0.3) is 0 Å². The molecule has 1 atom stereocenters. The second-order valence-corrected chi connectivity index (χ2v) is 8.30. The van der Waals surface area contributed by atoms with Crippen LogP contribution >= 0.6 is 0 Å². The van der Waals surface area contributed by atoms with Crippen LogP contribution < -0.4 is 10.2 Å². The number of aromatic nitrogens is 1. The summed E-state index contributed by atoms with van der Waals surface area (Å²) in [6.07, 6.45) is 2.59. The molecular weight excluding hydrogens is 360 g/mol. The number of esters is 1. The van der Waals surface area contributed by atoms with Gasteiger partial charge in [-0.25, -0.2) is 4.98 Å². The number of imide groups is 1. The Morgan fingerprint density at radius 2 is 1.96 bits per heavy atom. The summed E-state index contributed by atoms with van der Waals surface area (Å²) in [5.41, 5.74) is 0.408. The van der Waals surface area contributed by atoms with Gasteiger partial charge in [-0.15, -0.1) is 0 Å². The number of carbonyl (C=O) groups is 3. The molecule has 0 radical (unpaired) electrons. The molecule has 0 bridgehead atoms. The highest BCUT2D eigenvalue weighted by Gasteiger charge is 2.29. The van der Waals surface area contributed by atoms with E-state index in [0.29, 0.717) is 12.8 Å². The van der Waals surface area contributed by atoms with Crippen molar-refractivity contribution in [1.82, 2.24) is 15.2 Å². The molecule has 2 aliphatic heterocycles. The molecular formula is C20H28N4O4. The lowest BCUT2D eigenvalue weighted by atomic mass is 9.91. The number of nitrogens with zero attached hydrogens (tertiary/aromatic N) is 3. The zero-order valence-electron chi connectivity index (χ0n) is 16.7. The fourth-order valence-electron chi connectivity index (χ4n) is 3.53. The second kappa shape index (κ2) is 8.26. The highest BCUT2D eigenvalue weighted by atomic mass is 16.6. The minimum absolute atomic E-state index is 0.209. The zero-order valence-corrected chi connectivity index (χ0v) is 16.7. The molecule has 0 saturated carbocycles. The van der Waals surface area contributed by atoms with E-state index < -0.39 is 5.60 Å². The Hall–Kier alpha value is -2.48. The third kappa shape index (κ3) is 5.28. The van der Waals surface area contributed by atoms with Crippen LogP contribution in [-0.4, -0.2) is 66.0 Å². The number of nitrogens with one attached hydrogen (secondary N) is 1. The molecule has 2 fully saturated rings. The standard InChI is InChI=1S/C20H28N4O4/c1-20(2,3)28-18(26)13-23-8-10-24(11-9-23)16-12-14(6-7-21-16)15-4-5-17(25)22-19(15)27/h6-7,12,15H,4-5,8-11,13H2,1-3H3,(H,22,25,27). The Bertz CT molecular complexity index is 751. The van der Waals surface area contributed by atoms with Crippen LogP contribution in [0.3, 0.4) is 0 Å². The molecule has 2 amide bonds. The fourth-order valence-corrected chi connectivity index (χ4v) is 3.53. The Balaban J connectivity index is 1.57. The largest absolute Gasteiger partial charge is 0.459 e. The lowest BCUT2D eigenvalue weighted by Gasteiger charge is -2.35. The van der Waals surface area contributed by atoms with Gasteiger partial charge in [0.1, 0.15) is 11.4 Å². The van der Waals surface area contributed by atoms with Crippen LogP contribution in [0, 0.1) is 0 Å². The molecule has 1 unspecified atom stereocenters. The molecule has 152 valence electrons. The van der Waals surface area contributed by atoms with Gasteiger partial charge in [-0.2, -0.15) is 0 Å². The average Bonchev–Trinajstić information content (AvgIpc) is 2.61. The van der Waals surface area contributed by atoms with Crippen molar-refractivity contribution in [3.63, 3.8) is 0 Å². The topological polar surface area (TPSA) is 91.8 Å². The summed E-state index contributed by atoms with van der Waals surface area (Å²) in [7, 11) is 0. The van der Waals surface area contributed by atoms with Gasteiger partial charge in [0.15, 0.2) is 0 Å². The van der Waals surface area contributed by atoms with Gasteiger partial charge in [-0.3, -0.25) is 24.6 Å². The molecule has 28 heavy (non-hydrogen) atoms. The van der Waals surface area contributed by atoms with E-state index in [-0.39, 0.29) is 30.2 Å². The van der Waals surface area contributed by atoms with Gasteiger partial charge in [-0.05, 0) is 44.9 Å². The molecule has 1 N–H and O–H groups in total. The molecule has 0 spiro atoms. The van der Waals surface area contributed by atoms with Gasteiger partial charge < -0.3 is 9.64 Å². The van der Waals surface area contributed by atoms with Crippen LogP contribution in [0.5, 0.6) is 0 Å². The van der Waals surface area contributed by atoms with Crippen molar-refractivity contribution in [1.29, 1.82) is 0 Å². The minimum Gasteiger partial charge on any atom is -0.459 e. The second-order valence-electron chi connectivity index (χ2n) is 8.30. The maximum Gasteiger partial charge on any atom is 0.320 e. The lowest BCUT2D eigenvalue weighted by Crippen LogP contribution is -2.49. The number of carbonyl (C=O) groups excluding carboxylic acids is 3. The van der Waals surface area contributed by atoms with Crippen LogP contribution in [0.2, 0.25) is 0 Å². The van der Waals surface area contributed by atoms with E-state index >= 15 is 0 Å². The number of piperazine rings is 1. The van der Waals surface area contributed by atoms with Crippen LogP contribution in [-0.2, 0) is 19.1 Å². The summed E-state index contributed by atoms with van der Waals surface area (Å²) in [6.45, 7) is 8.85. The van der Waals surface area contributed by atoms with Crippen LogP contribution in [0.15, 0.2) is 18.3 Å². The Morgan fingerprint density at radius 3 is 2.61 bits per heavy atom. The summed E-state index contributed by atoms with van der Waals surface area (Å²) >= 11 is 0. The predicted molar refractivity (Wildman–Crippen MR) is 104 cm³/mol. The molecule has 1 aromatic heterocycles. The Morgan fingerprint density at radius 1 is 1.25 bits per heavy atom. The van der Waals surface area contributed by atoms with E-state index in [9.17, 15) is 14.4 Å². The smallest absolute Gasteiger partial charge is 0.320 e. The first-order valence-electron chi connectivity index (χ1n) is 9.70. The van der Waals surface area contributed by atoms with E-state index in [1.54, 1.807) is 6.20 Å². The number of ether oxygens (including phenoxy) is 1. The Labute approximate surface area is 165 Å². The van der Waals surface area contributed by atoms with Gasteiger partial charge in [0.25, 0.3) is 0 Å². The summed E-state index contributed by atoms with van der Waals surface area (Å²) in [5.74, 6) is -0.154. The number of anilines is 1. The SMILES string of the molecule is CC(C)(C)OC(=O)CN1CCN(c2cc(C3CCC(=O)NC3=O)ccn2)CC1. The normalized spacial score (nSPS) is 21.4. The number of rotatable bonds is 4. The van der Waals surface area contributed by atoms with Crippen molar-refractivity contribution in [2.75, 3.05) is 37.6 Å². The van der Waals surface area contributed by atoms with Gasteiger partial charge >= 0.3 is 5.97 Å². The summed E-state index contributed by atoms with van der Waals surface area (Å²) in [6, 6.07) is 3.77. The van der Waals surface area contributed by atoms with E-state index in [1.165, 1.54) is 0 Å². The average molecular weight is 388 g/mol. The Kier molecular flexibility index (Phi) is 5.98. The van der Waals surface area contributed by atoms with Crippen molar-refractivity contribution < 1.29 is 19.1 Å². The molecule has 2 saturated heterocycles. The van der Waals surface area contributed by atoms with E-state index in [1.807, 2.05) is 32.9 Å². The van der Waals surface area contributed by atoms with Gasteiger partial charge in [0.2, 0.25) is 11.8 Å². The quantitative estimate of drug-likeness (QED) is 0.609. The lowest BCUT2D eigenvalue weighted by molar-refractivity contribution is -0.156. The van der Waals surface area contributed by atoms with E-state index in [4.69, 9.17) is 4.74 Å². The van der Waals surface area contributed by atoms with E-state index in [2.05, 4.69) is 20.1 Å². The molecule has 2 aliphatic rings. The number of pyridine rings is 1. The highest BCUT2D eigenvalue weighted by Crippen LogP contribution is 2.27. The van der Waals surface area contributed by atoms with Crippen molar-refractivity contribution in [3.05, 3.63) is 23.9 Å². The van der Waals surface area contributed by atoms with Crippen molar-refractivity contribution in [2.24, 2.45) is 0 Å². The summed E-state index contributed by atoms with van der Waals surface area (Å²) in [4.78, 5) is 44.2. The zero-order chi connectivity index (χ0) is 20.3. The molecule has 1 aromatic rings. The third-order valence-corrected chi connectivity index (χ3v) is 4.88. The number of hydrogen-bond donors (Lipinski definition) is 1. The van der Waals surface area contributed by atoms with Gasteiger partial charge in [0.05, 0.1) is 12.5 Å². The molecule has 3 heterocycles. The molecule has 8 heteroatoms.